The molecule has 0 amide bonds. The second-order valence-electron chi connectivity index (χ2n) is 1.20. The van der Waals surface area contributed by atoms with Crippen LogP contribution in [0.5, 0.6) is 0 Å². The van der Waals surface area contributed by atoms with Gasteiger partial charge in [0.05, 0.1) is 9.05 Å². The molecule has 0 atom stereocenters. The Morgan fingerprint density at radius 2 is 1.14 bits per heavy atom. The summed E-state index contributed by atoms with van der Waals surface area (Å²) >= 11 is 0. The maximum absolute atomic E-state index is 10.1. The first-order valence-electron chi connectivity index (χ1n) is 2.04. The molecule has 0 heterocycles. The van der Waals surface area contributed by atoms with E-state index in [1.54, 1.807) is 0 Å². The molecule has 0 fully saturated rings. The molecule has 0 saturated carbocycles. The van der Waals surface area contributed by atoms with Gasteiger partial charge in [0.25, 0.3) is 0 Å². The normalized spacial score (nSPS) is 8.14. The van der Waals surface area contributed by atoms with Gasteiger partial charge in [0.1, 0.15) is 0 Å². The van der Waals surface area contributed by atoms with Gasteiger partial charge in [0.15, 0.2) is 0 Å². The van der Waals surface area contributed by atoms with Crippen molar-refractivity contribution in [3.05, 3.63) is 0 Å². The molecule has 0 aliphatic carbocycles. The standard InChI is InChI=1S/2Mg.O8Si3.H2O/c;;1-9(2)7-11(5,6)8-10(3)4;/h;;;1H2/q2*+2;-4;. The fourth-order valence-electron chi connectivity index (χ4n) is 0.225. The summed E-state index contributed by atoms with van der Waals surface area (Å²) in [6.45, 7) is 0. The molecule has 14 heavy (non-hydrogen) atoms. The van der Waals surface area contributed by atoms with E-state index in [2.05, 4.69) is 8.23 Å². The molecule has 0 aromatic rings. The van der Waals surface area contributed by atoms with Gasteiger partial charge in [-0.05, 0) is 0 Å². The quantitative estimate of drug-likeness (QED) is 0.455. The molecule has 0 aliphatic rings. The van der Waals surface area contributed by atoms with E-state index in [0.29, 0.717) is 0 Å². The summed E-state index contributed by atoms with van der Waals surface area (Å²) in [4.78, 5) is 39.4. The van der Waals surface area contributed by atoms with E-state index >= 15 is 0 Å². The van der Waals surface area contributed by atoms with E-state index in [1.165, 1.54) is 0 Å². The Bertz CT molecular complexity index is 161. The Morgan fingerprint density at radius 3 is 1.29 bits per heavy atom. The Labute approximate surface area is 115 Å². The first kappa shape index (κ1) is 24.2. The zero-order valence-electron chi connectivity index (χ0n) is 6.68. The van der Waals surface area contributed by atoms with Crippen LogP contribution in [0.3, 0.4) is 0 Å². The van der Waals surface area contributed by atoms with Crippen LogP contribution in [0.4, 0.5) is 0 Å². The molecule has 0 unspecified atom stereocenters. The average molecular weight is 279 g/mol. The Hall–Kier alpha value is 0.863. The van der Waals surface area contributed by atoms with Crippen molar-refractivity contribution in [1.82, 2.24) is 0 Å². The summed E-state index contributed by atoms with van der Waals surface area (Å²) < 4.78 is 25.6. The number of hydrogen-bond acceptors (Lipinski definition) is 8. The first-order chi connectivity index (χ1) is 4.83. The van der Waals surface area contributed by atoms with Crippen molar-refractivity contribution in [2.24, 2.45) is 0 Å². The van der Waals surface area contributed by atoms with Crippen molar-refractivity contribution >= 4 is 73.5 Å². The van der Waals surface area contributed by atoms with Crippen molar-refractivity contribution in [2.75, 3.05) is 0 Å². The van der Waals surface area contributed by atoms with Gasteiger partial charge in [-0.3, -0.25) is 0 Å². The van der Waals surface area contributed by atoms with Crippen LogP contribution in [0.15, 0.2) is 0 Å². The monoisotopic (exact) mass is 278 g/mol. The van der Waals surface area contributed by atoms with Crippen LogP contribution in [-0.2, 0) is 17.2 Å². The SMILES string of the molecule is O.O=[Si]([O-])O[Si]([O-])([O-])O[Si](=O)[O-].[Mg+2].[Mg+2]. The van der Waals surface area contributed by atoms with Gasteiger partial charge in [0, 0.05) is 0 Å². The van der Waals surface area contributed by atoms with Crippen LogP contribution in [0.25, 0.3) is 0 Å². The van der Waals surface area contributed by atoms with Gasteiger partial charge in [-0.1, -0.05) is 0 Å². The topological polar surface area (TPSA) is 176 Å². The minimum atomic E-state index is -5.49. The molecule has 0 spiro atoms. The molecule has 9 nitrogen and oxygen atoms in total. The summed E-state index contributed by atoms with van der Waals surface area (Å²) in [5.74, 6) is 0. The number of hydrogen-bond donors (Lipinski definition) is 0. The molecular formula is H2Mg2O9Si3. The van der Waals surface area contributed by atoms with Crippen LogP contribution < -0.4 is 19.2 Å². The molecule has 0 bridgehead atoms. The third-order valence-corrected chi connectivity index (χ3v) is 3.75. The van der Waals surface area contributed by atoms with E-state index in [9.17, 15) is 28.1 Å². The summed E-state index contributed by atoms with van der Waals surface area (Å²) in [6, 6.07) is 0. The third-order valence-electron chi connectivity index (χ3n) is 0.417. The minimum absolute atomic E-state index is 0. The molecule has 72 valence electrons. The molecule has 0 saturated heterocycles. The van der Waals surface area contributed by atoms with Crippen molar-refractivity contribution in [2.45, 2.75) is 0 Å². The van der Waals surface area contributed by atoms with E-state index < -0.39 is 27.4 Å². The molecule has 0 aromatic carbocycles. The Morgan fingerprint density at radius 1 is 0.929 bits per heavy atom. The van der Waals surface area contributed by atoms with Gasteiger partial charge in [0.2, 0.25) is 0 Å². The molecule has 2 N–H and O–H groups in total. The van der Waals surface area contributed by atoms with E-state index in [0.717, 1.165) is 0 Å². The van der Waals surface area contributed by atoms with E-state index in [4.69, 9.17) is 0 Å². The summed E-state index contributed by atoms with van der Waals surface area (Å²) in [5.41, 5.74) is 0. The first-order valence-corrected chi connectivity index (χ1v) is 6.12. The summed E-state index contributed by atoms with van der Waals surface area (Å²) in [7, 11) is -13.5. The van der Waals surface area contributed by atoms with Crippen molar-refractivity contribution in [3.63, 3.8) is 0 Å². The van der Waals surface area contributed by atoms with Crippen molar-refractivity contribution in [3.8, 4) is 0 Å². The van der Waals surface area contributed by atoms with E-state index in [-0.39, 0.29) is 51.6 Å². The molecule has 0 radical (unpaired) electrons. The van der Waals surface area contributed by atoms with Gasteiger partial charge < -0.3 is 41.8 Å². The summed E-state index contributed by atoms with van der Waals surface area (Å²) in [6.07, 6.45) is 0. The zero-order chi connectivity index (χ0) is 9.07. The van der Waals surface area contributed by atoms with Gasteiger partial charge in [-0.2, -0.15) is 0 Å². The van der Waals surface area contributed by atoms with Crippen molar-refractivity contribution in [1.29, 1.82) is 0 Å². The predicted molar refractivity (Wildman–Crippen MR) is 35.9 cm³/mol. The van der Waals surface area contributed by atoms with Crippen LogP contribution in [-0.4, -0.2) is 79.0 Å². The number of rotatable bonds is 4. The van der Waals surface area contributed by atoms with Gasteiger partial charge >= 0.3 is 64.4 Å². The van der Waals surface area contributed by atoms with Crippen LogP contribution in [0, 0.1) is 0 Å². The second kappa shape index (κ2) is 10.4. The van der Waals surface area contributed by atoms with Crippen LogP contribution in [0.1, 0.15) is 0 Å². The second-order valence-corrected chi connectivity index (χ2v) is 4.84. The summed E-state index contributed by atoms with van der Waals surface area (Å²) in [5, 5.41) is 0. The van der Waals surface area contributed by atoms with Gasteiger partial charge in [-0.15, -0.1) is 0 Å². The largest absolute Gasteiger partial charge is 2.00 e. The average Bonchev–Trinajstić information content (AvgIpc) is 1.53. The molecule has 0 rings (SSSR count). The third kappa shape index (κ3) is 15.3. The van der Waals surface area contributed by atoms with Gasteiger partial charge in [-0.25, -0.2) is 0 Å². The molecular weight excluding hydrogens is 277 g/mol. The van der Waals surface area contributed by atoms with Crippen LogP contribution in [0.2, 0.25) is 0 Å². The fourth-order valence-corrected chi connectivity index (χ4v) is 2.40. The molecule has 14 heteroatoms. The Balaban J connectivity index is -0.000000167. The predicted octanol–water partition coefficient (Wildman–Crippen LogP) is -7.86. The van der Waals surface area contributed by atoms with E-state index in [1.807, 2.05) is 0 Å². The molecule has 0 aliphatic heterocycles. The minimum Gasteiger partial charge on any atom is -0.840 e. The maximum Gasteiger partial charge on any atom is 2.00 e. The smallest absolute Gasteiger partial charge is 0.840 e. The Kier molecular flexibility index (Phi) is 18.0. The maximum atomic E-state index is 10.1. The zero-order valence-corrected chi connectivity index (χ0v) is 12.5. The molecule has 0 aromatic heterocycles. The van der Waals surface area contributed by atoms with Crippen LogP contribution >= 0.6 is 0 Å². The fraction of sp³-hybridized carbons (Fsp3) is 0. The van der Waals surface area contributed by atoms with Crippen molar-refractivity contribution < 1.29 is 41.8 Å².